The maximum absolute atomic E-state index is 3.64. The molecule has 1 N–H and O–H groups in total. The quantitative estimate of drug-likeness (QED) is 0.916. The van der Waals surface area contributed by atoms with Crippen molar-refractivity contribution in [3.63, 3.8) is 0 Å². The van der Waals surface area contributed by atoms with Crippen LogP contribution in [-0.2, 0) is 0 Å². The Bertz CT molecular complexity index is 579. The smallest absolute Gasteiger partial charge is 0.0449 e. The lowest BCUT2D eigenvalue weighted by Gasteiger charge is -2.41. The summed E-state index contributed by atoms with van der Waals surface area (Å²) in [6.07, 6.45) is 1.18. The van der Waals surface area contributed by atoms with Gasteiger partial charge in [-0.3, -0.25) is 0 Å². The Hall–Kier alpha value is -1.80. The van der Waals surface area contributed by atoms with Gasteiger partial charge in [-0.25, -0.2) is 0 Å². The predicted octanol–water partition coefficient (Wildman–Crippen LogP) is 3.93. The molecular weight excluding hydrogens is 256 g/mol. The molecule has 1 aliphatic heterocycles. The molecule has 110 valence electrons. The zero-order valence-electron chi connectivity index (χ0n) is 12.9. The molecule has 0 amide bonds. The first kappa shape index (κ1) is 14.2. The van der Waals surface area contributed by atoms with E-state index < -0.39 is 0 Å². The molecule has 1 fully saturated rings. The van der Waals surface area contributed by atoms with Crippen LogP contribution in [0.4, 0.5) is 5.69 Å². The lowest BCUT2D eigenvalue weighted by Crippen LogP contribution is -2.55. The van der Waals surface area contributed by atoms with Gasteiger partial charge >= 0.3 is 0 Å². The molecule has 2 atom stereocenters. The number of para-hydroxylation sites is 1. The first-order chi connectivity index (χ1) is 10.3. The van der Waals surface area contributed by atoms with Gasteiger partial charge in [0.2, 0.25) is 0 Å². The number of piperazine rings is 1. The molecular formula is C19H24N2. The van der Waals surface area contributed by atoms with Gasteiger partial charge in [0.05, 0.1) is 0 Å². The normalized spacial score (nSPS) is 22.3. The standard InChI is InChI=1S/C19H24N2/c1-3-17-14-21(15(2)13-20-17)19-12-8-7-11-18(19)16-9-5-4-6-10-16/h4-12,15,17,20H,3,13-14H2,1-2H3. The minimum atomic E-state index is 0.526. The van der Waals surface area contributed by atoms with Crippen LogP contribution in [0.3, 0.4) is 0 Å². The van der Waals surface area contributed by atoms with Crippen molar-refractivity contribution in [3.05, 3.63) is 54.6 Å². The third-order valence-electron chi connectivity index (χ3n) is 4.44. The second-order valence-corrected chi connectivity index (χ2v) is 5.90. The van der Waals surface area contributed by atoms with E-state index in [4.69, 9.17) is 0 Å². The molecule has 2 unspecified atom stereocenters. The van der Waals surface area contributed by atoms with E-state index in [1.165, 1.54) is 23.2 Å². The third kappa shape index (κ3) is 2.96. The molecule has 0 bridgehead atoms. The van der Waals surface area contributed by atoms with Crippen LogP contribution in [-0.4, -0.2) is 25.2 Å². The summed E-state index contributed by atoms with van der Waals surface area (Å²) in [5, 5.41) is 3.64. The van der Waals surface area contributed by atoms with Gasteiger partial charge < -0.3 is 10.2 Å². The van der Waals surface area contributed by atoms with Crippen LogP contribution in [0.2, 0.25) is 0 Å². The van der Waals surface area contributed by atoms with E-state index in [9.17, 15) is 0 Å². The summed E-state index contributed by atoms with van der Waals surface area (Å²) >= 11 is 0. The number of anilines is 1. The fraction of sp³-hybridized carbons (Fsp3) is 0.368. The Labute approximate surface area is 127 Å². The van der Waals surface area contributed by atoms with Crippen molar-refractivity contribution in [1.82, 2.24) is 5.32 Å². The summed E-state index contributed by atoms with van der Waals surface area (Å²) in [6, 6.07) is 20.6. The fourth-order valence-electron chi connectivity index (χ4n) is 3.12. The highest BCUT2D eigenvalue weighted by molar-refractivity contribution is 5.79. The number of hydrogen-bond acceptors (Lipinski definition) is 2. The molecule has 21 heavy (non-hydrogen) atoms. The van der Waals surface area contributed by atoms with Gasteiger partial charge in [0, 0.05) is 36.4 Å². The van der Waals surface area contributed by atoms with Gasteiger partial charge in [0.1, 0.15) is 0 Å². The average Bonchev–Trinajstić information content (AvgIpc) is 2.56. The van der Waals surface area contributed by atoms with Gasteiger partial charge in [-0.1, -0.05) is 55.5 Å². The van der Waals surface area contributed by atoms with Crippen LogP contribution in [0.1, 0.15) is 20.3 Å². The number of nitrogens with one attached hydrogen (secondary N) is 1. The highest BCUT2D eigenvalue weighted by Gasteiger charge is 2.25. The Morgan fingerprint density at radius 2 is 1.76 bits per heavy atom. The molecule has 3 rings (SSSR count). The van der Waals surface area contributed by atoms with Gasteiger partial charge in [0.25, 0.3) is 0 Å². The molecule has 0 saturated carbocycles. The van der Waals surface area contributed by atoms with Crippen LogP contribution in [0.5, 0.6) is 0 Å². The van der Waals surface area contributed by atoms with Crippen LogP contribution < -0.4 is 10.2 Å². The molecule has 2 aromatic rings. The fourth-order valence-corrected chi connectivity index (χ4v) is 3.12. The summed E-state index contributed by atoms with van der Waals surface area (Å²) < 4.78 is 0. The Kier molecular flexibility index (Phi) is 4.26. The van der Waals surface area contributed by atoms with Gasteiger partial charge in [-0.05, 0) is 25.0 Å². The first-order valence-electron chi connectivity index (χ1n) is 7.94. The highest BCUT2D eigenvalue weighted by Crippen LogP contribution is 2.32. The van der Waals surface area contributed by atoms with Crippen molar-refractivity contribution < 1.29 is 0 Å². The minimum Gasteiger partial charge on any atom is -0.365 e. The molecule has 0 aliphatic carbocycles. The number of benzene rings is 2. The van der Waals surface area contributed by atoms with E-state index in [0.717, 1.165) is 13.1 Å². The predicted molar refractivity (Wildman–Crippen MR) is 90.8 cm³/mol. The molecule has 2 heteroatoms. The lowest BCUT2D eigenvalue weighted by atomic mass is 10.00. The monoisotopic (exact) mass is 280 g/mol. The molecule has 1 aliphatic rings. The SMILES string of the molecule is CCC1CN(c2ccccc2-c2ccccc2)C(C)CN1. The average molecular weight is 280 g/mol. The maximum Gasteiger partial charge on any atom is 0.0449 e. The largest absolute Gasteiger partial charge is 0.365 e. The molecule has 0 aromatic heterocycles. The van der Waals surface area contributed by atoms with Crippen molar-refractivity contribution in [2.75, 3.05) is 18.0 Å². The van der Waals surface area contributed by atoms with Crippen molar-refractivity contribution in [3.8, 4) is 11.1 Å². The number of hydrogen-bond donors (Lipinski definition) is 1. The Balaban J connectivity index is 1.98. The first-order valence-corrected chi connectivity index (χ1v) is 7.94. The Morgan fingerprint density at radius 1 is 1.05 bits per heavy atom. The van der Waals surface area contributed by atoms with Crippen molar-refractivity contribution >= 4 is 5.69 Å². The molecule has 0 spiro atoms. The highest BCUT2D eigenvalue weighted by atomic mass is 15.2. The van der Waals surface area contributed by atoms with E-state index in [1.807, 2.05) is 0 Å². The zero-order chi connectivity index (χ0) is 14.7. The van der Waals surface area contributed by atoms with Gasteiger partial charge in [0.15, 0.2) is 0 Å². The zero-order valence-corrected chi connectivity index (χ0v) is 12.9. The van der Waals surface area contributed by atoms with Gasteiger partial charge in [-0.2, -0.15) is 0 Å². The minimum absolute atomic E-state index is 0.526. The van der Waals surface area contributed by atoms with Crippen LogP contribution >= 0.6 is 0 Å². The van der Waals surface area contributed by atoms with Gasteiger partial charge in [-0.15, -0.1) is 0 Å². The number of rotatable bonds is 3. The summed E-state index contributed by atoms with van der Waals surface area (Å²) in [6.45, 7) is 6.71. The van der Waals surface area contributed by atoms with E-state index in [2.05, 4.69) is 78.7 Å². The molecule has 2 nitrogen and oxygen atoms in total. The summed E-state index contributed by atoms with van der Waals surface area (Å²) in [5.74, 6) is 0. The van der Waals surface area contributed by atoms with E-state index in [-0.39, 0.29) is 0 Å². The third-order valence-corrected chi connectivity index (χ3v) is 4.44. The van der Waals surface area contributed by atoms with Crippen LogP contribution in [0.25, 0.3) is 11.1 Å². The van der Waals surface area contributed by atoms with Crippen molar-refractivity contribution in [2.24, 2.45) is 0 Å². The topological polar surface area (TPSA) is 15.3 Å². The van der Waals surface area contributed by atoms with E-state index in [1.54, 1.807) is 0 Å². The second-order valence-electron chi connectivity index (χ2n) is 5.90. The summed E-state index contributed by atoms with van der Waals surface area (Å²) in [4.78, 5) is 2.56. The molecule has 1 saturated heterocycles. The lowest BCUT2D eigenvalue weighted by molar-refractivity contribution is 0.398. The molecule has 2 aromatic carbocycles. The van der Waals surface area contributed by atoms with Crippen LogP contribution in [0.15, 0.2) is 54.6 Å². The maximum atomic E-state index is 3.64. The van der Waals surface area contributed by atoms with E-state index in [0.29, 0.717) is 12.1 Å². The summed E-state index contributed by atoms with van der Waals surface area (Å²) in [7, 11) is 0. The van der Waals surface area contributed by atoms with Crippen LogP contribution in [0, 0.1) is 0 Å². The van der Waals surface area contributed by atoms with E-state index >= 15 is 0 Å². The van der Waals surface area contributed by atoms with Crippen molar-refractivity contribution in [2.45, 2.75) is 32.4 Å². The molecule has 0 radical (unpaired) electrons. The second kappa shape index (κ2) is 6.31. The Morgan fingerprint density at radius 3 is 2.52 bits per heavy atom. The summed E-state index contributed by atoms with van der Waals surface area (Å²) in [5.41, 5.74) is 3.99. The van der Waals surface area contributed by atoms with Crippen molar-refractivity contribution in [1.29, 1.82) is 0 Å². The molecule has 1 heterocycles. The number of nitrogens with zero attached hydrogens (tertiary/aromatic N) is 1.